The number of piperazine rings is 1. The Kier molecular flexibility index (Phi) is 3.89. The first kappa shape index (κ1) is 13.4. The molecule has 20 heavy (non-hydrogen) atoms. The molecule has 3 N–H and O–H groups in total. The van der Waals surface area contributed by atoms with E-state index in [1.807, 2.05) is 12.1 Å². The van der Waals surface area contributed by atoms with E-state index in [4.69, 9.17) is 5.73 Å². The van der Waals surface area contributed by atoms with Gasteiger partial charge in [-0.05, 0) is 37.1 Å². The zero-order chi connectivity index (χ0) is 13.9. The Morgan fingerprint density at radius 1 is 1.15 bits per heavy atom. The molecule has 3 rings (SSSR count). The fourth-order valence-electron chi connectivity index (χ4n) is 2.70. The molecule has 0 aromatic heterocycles. The Labute approximate surface area is 119 Å². The molecule has 1 amide bonds. The van der Waals surface area contributed by atoms with Crippen LogP contribution in [0.2, 0.25) is 0 Å². The quantitative estimate of drug-likeness (QED) is 0.804. The summed E-state index contributed by atoms with van der Waals surface area (Å²) in [6.07, 6.45) is 2.72. The van der Waals surface area contributed by atoms with Crippen molar-refractivity contribution in [1.82, 2.24) is 9.80 Å². The van der Waals surface area contributed by atoms with Gasteiger partial charge in [0.25, 0.3) is 0 Å². The van der Waals surface area contributed by atoms with Gasteiger partial charge in [-0.15, -0.1) is 0 Å². The molecule has 2 aliphatic rings. The number of carbonyl (C=O) groups excluding carboxylic acids is 1. The van der Waals surface area contributed by atoms with E-state index in [2.05, 4.69) is 15.1 Å². The SMILES string of the molecule is Nc1ccc(NC(=O)CN2CCN(C3CC3)CC2)cc1. The summed E-state index contributed by atoms with van der Waals surface area (Å²) < 4.78 is 0. The van der Waals surface area contributed by atoms with Crippen molar-refractivity contribution in [3.05, 3.63) is 24.3 Å². The van der Waals surface area contributed by atoms with Gasteiger partial charge in [-0.2, -0.15) is 0 Å². The fourth-order valence-corrected chi connectivity index (χ4v) is 2.70. The molecule has 0 atom stereocenters. The molecular weight excluding hydrogens is 252 g/mol. The highest BCUT2D eigenvalue weighted by Gasteiger charge is 2.31. The van der Waals surface area contributed by atoms with Crippen LogP contribution in [0.3, 0.4) is 0 Å². The van der Waals surface area contributed by atoms with E-state index in [-0.39, 0.29) is 5.91 Å². The van der Waals surface area contributed by atoms with E-state index >= 15 is 0 Å². The van der Waals surface area contributed by atoms with E-state index in [0.29, 0.717) is 12.2 Å². The smallest absolute Gasteiger partial charge is 0.238 e. The van der Waals surface area contributed by atoms with Crippen molar-refractivity contribution in [1.29, 1.82) is 0 Å². The van der Waals surface area contributed by atoms with Crippen LogP contribution in [0.1, 0.15) is 12.8 Å². The second-order valence-corrected chi connectivity index (χ2v) is 5.71. The largest absolute Gasteiger partial charge is 0.399 e. The number of hydrogen-bond donors (Lipinski definition) is 2. The average Bonchev–Trinajstić information content (AvgIpc) is 3.27. The van der Waals surface area contributed by atoms with Crippen LogP contribution in [0, 0.1) is 0 Å². The van der Waals surface area contributed by atoms with Crippen LogP contribution in [-0.4, -0.2) is 54.5 Å². The molecule has 0 radical (unpaired) electrons. The highest BCUT2D eigenvalue weighted by Crippen LogP contribution is 2.27. The highest BCUT2D eigenvalue weighted by molar-refractivity contribution is 5.92. The summed E-state index contributed by atoms with van der Waals surface area (Å²) in [5, 5.41) is 2.91. The number of nitrogens with two attached hydrogens (primary N) is 1. The lowest BCUT2D eigenvalue weighted by Crippen LogP contribution is -2.49. The standard InChI is InChI=1S/C15H22N4O/c16-12-1-3-13(4-2-12)17-15(20)11-18-7-9-19(10-8-18)14-5-6-14/h1-4,14H,5-11,16H2,(H,17,20). The van der Waals surface area contributed by atoms with Crippen molar-refractivity contribution in [2.45, 2.75) is 18.9 Å². The Hall–Kier alpha value is -1.59. The molecule has 5 nitrogen and oxygen atoms in total. The van der Waals surface area contributed by atoms with Crippen LogP contribution >= 0.6 is 0 Å². The third kappa shape index (κ3) is 3.49. The predicted molar refractivity (Wildman–Crippen MR) is 80.5 cm³/mol. The first-order valence-corrected chi connectivity index (χ1v) is 7.32. The third-order valence-electron chi connectivity index (χ3n) is 4.03. The number of nitrogens with one attached hydrogen (secondary N) is 1. The second kappa shape index (κ2) is 5.81. The molecule has 1 heterocycles. The molecule has 2 fully saturated rings. The van der Waals surface area contributed by atoms with Gasteiger partial charge in [0.05, 0.1) is 6.54 Å². The van der Waals surface area contributed by atoms with Crippen molar-refractivity contribution in [3.8, 4) is 0 Å². The van der Waals surface area contributed by atoms with Gasteiger partial charge in [0.1, 0.15) is 0 Å². The van der Waals surface area contributed by atoms with E-state index in [9.17, 15) is 4.79 Å². The topological polar surface area (TPSA) is 61.6 Å². The minimum atomic E-state index is 0.0506. The number of nitrogen functional groups attached to an aromatic ring is 1. The van der Waals surface area contributed by atoms with Crippen molar-refractivity contribution in [2.24, 2.45) is 0 Å². The Morgan fingerprint density at radius 3 is 2.40 bits per heavy atom. The maximum atomic E-state index is 12.0. The third-order valence-corrected chi connectivity index (χ3v) is 4.03. The number of benzene rings is 1. The molecule has 1 aliphatic carbocycles. The first-order chi connectivity index (χ1) is 9.70. The lowest BCUT2D eigenvalue weighted by atomic mass is 10.2. The molecular formula is C15H22N4O. The minimum Gasteiger partial charge on any atom is -0.399 e. The zero-order valence-corrected chi connectivity index (χ0v) is 11.7. The number of anilines is 2. The van der Waals surface area contributed by atoms with Gasteiger partial charge in [-0.25, -0.2) is 0 Å². The second-order valence-electron chi connectivity index (χ2n) is 5.71. The van der Waals surface area contributed by atoms with Crippen LogP contribution in [-0.2, 0) is 4.79 Å². The molecule has 0 bridgehead atoms. The molecule has 1 aromatic carbocycles. The zero-order valence-electron chi connectivity index (χ0n) is 11.7. The van der Waals surface area contributed by atoms with Gasteiger partial charge in [0, 0.05) is 43.6 Å². The summed E-state index contributed by atoms with van der Waals surface area (Å²) in [5.41, 5.74) is 7.14. The van der Waals surface area contributed by atoms with Crippen molar-refractivity contribution >= 4 is 17.3 Å². The van der Waals surface area contributed by atoms with E-state index < -0.39 is 0 Å². The number of rotatable bonds is 4. The van der Waals surface area contributed by atoms with Gasteiger partial charge >= 0.3 is 0 Å². The molecule has 1 saturated heterocycles. The normalized spacial score (nSPS) is 20.8. The maximum absolute atomic E-state index is 12.0. The molecule has 1 aliphatic heterocycles. The first-order valence-electron chi connectivity index (χ1n) is 7.32. The molecule has 5 heteroatoms. The van der Waals surface area contributed by atoms with E-state index in [1.165, 1.54) is 12.8 Å². The molecule has 1 aromatic rings. The van der Waals surface area contributed by atoms with Crippen LogP contribution in [0.4, 0.5) is 11.4 Å². The molecule has 0 spiro atoms. The van der Waals surface area contributed by atoms with Gasteiger partial charge in [0.2, 0.25) is 5.91 Å². The van der Waals surface area contributed by atoms with Crippen LogP contribution < -0.4 is 11.1 Å². The molecule has 1 saturated carbocycles. The molecule has 0 unspecified atom stereocenters. The van der Waals surface area contributed by atoms with Crippen molar-refractivity contribution < 1.29 is 4.79 Å². The van der Waals surface area contributed by atoms with E-state index in [0.717, 1.165) is 37.9 Å². The van der Waals surface area contributed by atoms with E-state index in [1.54, 1.807) is 12.1 Å². The number of nitrogens with zero attached hydrogens (tertiary/aromatic N) is 2. The van der Waals surface area contributed by atoms with Crippen LogP contribution in [0.5, 0.6) is 0 Å². The summed E-state index contributed by atoms with van der Waals surface area (Å²) in [6, 6.07) is 8.09. The summed E-state index contributed by atoms with van der Waals surface area (Å²) in [5.74, 6) is 0.0506. The summed E-state index contributed by atoms with van der Waals surface area (Å²) >= 11 is 0. The van der Waals surface area contributed by atoms with Gasteiger partial charge in [-0.3, -0.25) is 14.6 Å². The Morgan fingerprint density at radius 2 is 1.80 bits per heavy atom. The summed E-state index contributed by atoms with van der Waals surface area (Å²) in [7, 11) is 0. The lowest BCUT2D eigenvalue weighted by molar-refractivity contribution is -0.117. The molecule has 108 valence electrons. The highest BCUT2D eigenvalue weighted by atomic mass is 16.2. The minimum absolute atomic E-state index is 0.0506. The monoisotopic (exact) mass is 274 g/mol. The summed E-state index contributed by atoms with van der Waals surface area (Å²) in [6.45, 7) is 4.65. The van der Waals surface area contributed by atoms with Crippen LogP contribution in [0.15, 0.2) is 24.3 Å². The number of carbonyl (C=O) groups is 1. The number of hydrogen-bond acceptors (Lipinski definition) is 4. The van der Waals surface area contributed by atoms with Gasteiger partial charge in [0.15, 0.2) is 0 Å². The van der Waals surface area contributed by atoms with Crippen molar-refractivity contribution in [2.75, 3.05) is 43.8 Å². The van der Waals surface area contributed by atoms with Crippen LogP contribution in [0.25, 0.3) is 0 Å². The van der Waals surface area contributed by atoms with Crippen molar-refractivity contribution in [3.63, 3.8) is 0 Å². The predicted octanol–water partition coefficient (Wildman–Crippen LogP) is 0.987. The Balaban J connectivity index is 1.43. The maximum Gasteiger partial charge on any atom is 0.238 e. The fraction of sp³-hybridized carbons (Fsp3) is 0.533. The summed E-state index contributed by atoms with van der Waals surface area (Å²) in [4.78, 5) is 16.8. The average molecular weight is 274 g/mol. The lowest BCUT2D eigenvalue weighted by Gasteiger charge is -2.34. The Bertz CT molecular complexity index is 461. The van der Waals surface area contributed by atoms with Gasteiger partial charge < -0.3 is 11.1 Å². The number of amides is 1. The van der Waals surface area contributed by atoms with Gasteiger partial charge in [-0.1, -0.05) is 0 Å².